The van der Waals surface area contributed by atoms with Crippen molar-refractivity contribution in [1.82, 2.24) is 5.32 Å². The van der Waals surface area contributed by atoms with Crippen LogP contribution in [-0.4, -0.2) is 12.7 Å². The predicted molar refractivity (Wildman–Crippen MR) is 73.2 cm³/mol. The van der Waals surface area contributed by atoms with Crippen LogP contribution < -0.4 is 5.32 Å². The van der Waals surface area contributed by atoms with Crippen molar-refractivity contribution in [3.8, 4) is 0 Å². The highest BCUT2D eigenvalue weighted by Crippen LogP contribution is 2.05. The molecule has 0 saturated heterocycles. The van der Waals surface area contributed by atoms with E-state index in [9.17, 15) is 4.39 Å². The second kappa shape index (κ2) is 6.92. The number of benzene rings is 2. The van der Waals surface area contributed by atoms with Gasteiger partial charge in [0.2, 0.25) is 0 Å². The Morgan fingerprint density at radius 3 is 2.00 bits per heavy atom. The molecule has 2 aromatic carbocycles. The first-order chi connectivity index (χ1) is 8.84. The van der Waals surface area contributed by atoms with Crippen LogP contribution in [0, 0.1) is 0 Å². The van der Waals surface area contributed by atoms with Crippen LogP contribution in [0.1, 0.15) is 11.1 Å². The quantitative estimate of drug-likeness (QED) is 0.820. The average Bonchev–Trinajstić information content (AvgIpc) is 2.41. The molecule has 1 nitrogen and oxygen atoms in total. The van der Waals surface area contributed by atoms with E-state index in [1.807, 2.05) is 60.7 Å². The summed E-state index contributed by atoms with van der Waals surface area (Å²) in [4.78, 5) is 0. The summed E-state index contributed by atoms with van der Waals surface area (Å²) >= 11 is 0. The Kier molecular flexibility index (Phi) is 4.91. The topological polar surface area (TPSA) is 12.0 Å². The molecule has 1 N–H and O–H groups in total. The minimum absolute atomic E-state index is 0.393. The van der Waals surface area contributed by atoms with E-state index in [-0.39, 0.29) is 0 Å². The highest BCUT2D eigenvalue weighted by Gasteiger charge is 2.06. The lowest BCUT2D eigenvalue weighted by Crippen LogP contribution is -2.25. The Morgan fingerprint density at radius 1 is 0.833 bits per heavy atom. The first-order valence-electron chi connectivity index (χ1n) is 6.27. The van der Waals surface area contributed by atoms with E-state index in [1.54, 1.807) is 0 Å². The van der Waals surface area contributed by atoms with Gasteiger partial charge in [0.15, 0.2) is 0 Å². The van der Waals surface area contributed by atoms with E-state index in [1.165, 1.54) is 5.56 Å². The van der Waals surface area contributed by atoms with Crippen molar-refractivity contribution in [2.75, 3.05) is 6.54 Å². The van der Waals surface area contributed by atoms with Gasteiger partial charge in [-0.15, -0.1) is 0 Å². The van der Waals surface area contributed by atoms with Gasteiger partial charge in [0.1, 0.15) is 6.17 Å². The maximum atomic E-state index is 13.7. The van der Waals surface area contributed by atoms with Crippen LogP contribution in [0.15, 0.2) is 60.7 Å². The lowest BCUT2D eigenvalue weighted by Gasteiger charge is -2.10. The summed E-state index contributed by atoms with van der Waals surface area (Å²) in [5.74, 6) is 0. The largest absolute Gasteiger partial charge is 0.310 e. The minimum Gasteiger partial charge on any atom is -0.310 e. The molecule has 0 fully saturated rings. The molecule has 2 aromatic rings. The van der Waals surface area contributed by atoms with Gasteiger partial charge >= 0.3 is 0 Å². The summed E-state index contributed by atoms with van der Waals surface area (Å²) in [6.07, 6.45) is -0.362. The van der Waals surface area contributed by atoms with Gasteiger partial charge in [0, 0.05) is 19.5 Å². The van der Waals surface area contributed by atoms with Gasteiger partial charge in [-0.25, -0.2) is 4.39 Å². The fourth-order valence-corrected chi connectivity index (χ4v) is 1.91. The summed E-state index contributed by atoms with van der Waals surface area (Å²) in [7, 11) is 0. The summed E-state index contributed by atoms with van der Waals surface area (Å²) in [6, 6.07) is 19.8. The van der Waals surface area contributed by atoms with Crippen LogP contribution >= 0.6 is 0 Å². The summed E-state index contributed by atoms with van der Waals surface area (Å²) in [5, 5.41) is 3.15. The zero-order chi connectivity index (χ0) is 12.6. The van der Waals surface area contributed by atoms with Crippen LogP contribution in [0.4, 0.5) is 4.39 Å². The smallest absolute Gasteiger partial charge is 0.117 e. The van der Waals surface area contributed by atoms with Crippen molar-refractivity contribution >= 4 is 0 Å². The maximum Gasteiger partial charge on any atom is 0.117 e. The highest BCUT2D eigenvalue weighted by atomic mass is 19.1. The molecule has 0 saturated carbocycles. The van der Waals surface area contributed by atoms with E-state index < -0.39 is 6.17 Å². The summed E-state index contributed by atoms with van der Waals surface area (Å²) < 4.78 is 13.7. The monoisotopic (exact) mass is 243 g/mol. The first kappa shape index (κ1) is 12.8. The van der Waals surface area contributed by atoms with Gasteiger partial charge in [0.05, 0.1) is 0 Å². The number of nitrogens with one attached hydrogen (secondary N) is 1. The number of hydrogen-bond acceptors (Lipinski definition) is 1. The Hall–Kier alpha value is -1.67. The van der Waals surface area contributed by atoms with Crippen molar-refractivity contribution in [2.24, 2.45) is 0 Å². The predicted octanol–water partition coefficient (Wildman–Crippen LogP) is 3.36. The van der Waals surface area contributed by atoms with Gasteiger partial charge in [0.25, 0.3) is 0 Å². The third-order valence-electron chi connectivity index (χ3n) is 2.84. The first-order valence-corrected chi connectivity index (χ1v) is 6.27. The van der Waals surface area contributed by atoms with E-state index in [0.29, 0.717) is 13.0 Å². The Bertz CT molecular complexity index is 441. The van der Waals surface area contributed by atoms with Gasteiger partial charge in [-0.05, 0) is 11.1 Å². The van der Waals surface area contributed by atoms with Gasteiger partial charge in [-0.2, -0.15) is 0 Å². The molecule has 1 atom stereocenters. The highest BCUT2D eigenvalue weighted by molar-refractivity contribution is 5.16. The van der Waals surface area contributed by atoms with E-state index in [0.717, 1.165) is 12.1 Å². The zero-order valence-electron chi connectivity index (χ0n) is 10.4. The number of alkyl halides is 1. The van der Waals surface area contributed by atoms with Gasteiger partial charge in [-0.3, -0.25) is 0 Å². The van der Waals surface area contributed by atoms with Crippen molar-refractivity contribution in [1.29, 1.82) is 0 Å². The molecule has 0 amide bonds. The zero-order valence-corrected chi connectivity index (χ0v) is 10.4. The van der Waals surface area contributed by atoms with Gasteiger partial charge in [-0.1, -0.05) is 60.7 Å². The fraction of sp³-hybridized carbons (Fsp3) is 0.250. The molecule has 0 spiro atoms. The second-order valence-electron chi connectivity index (χ2n) is 4.40. The summed E-state index contributed by atoms with van der Waals surface area (Å²) in [5.41, 5.74) is 2.23. The lowest BCUT2D eigenvalue weighted by molar-refractivity contribution is 0.317. The SMILES string of the molecule is F[C@H](CNCc1ccccc1)Cc1ccccc1. The molecule has 2 rings (SSSR count). The average molecular weight is 243 g/mol. The molecule has 0 radical (unpaired) electrons. The third kappa shape index (κ3) is 4.30. The Labute approximate surface area is 108 Å². The molecule has 2 heteroatoms. The molecule has 0 unspecified atom stereocenters. The molecule has 0 aliphatic heterocycles. The van der Waals surface area contributed by atoms with Crippen molar-refractivity contribution < 1.29 is 4.39 Å². The standard InChI is InChI=1S/C16H18FN/c17-16(11-14-7-3-1-4-8-14)13-18-12-15-9-5-2-6-10-15/h1-10,16,18H,11-13H2/t16-/m0/s1. The second-order valence-corrected chi connectivity index (χ2v) is 4.40. The summed E-state index contributed by atoms with van der Waals surface area (Å²) in [6.45, 7) is 1.11. The fourth-order valence-electron chi connectivity index (χ4n) is 1.91. The van der Waals surface area contributed by atoms with E-state index >= 15 is 0 Å². The molecule has 94 valence electrons. The molecular formula is C16H18FN. The van der Waals surface area contributed by atoms with Crippen LogP contribution in [0.2, 0.25) is 0 Å². The molecule has 18 heavy (non-hydrogen) atoms. The van der Waals surface area contributed by atoms with Crippen LogP contribution in [0.25, 0.3) is 0 Å². The number of hydrogen-bond donors (Lipinski definition) is 1. The van der Waals surface area contributed by atoms with E-state index in [4.69, 9.17) is 0 Å². The molecular weight excluding hydrogens is 225 g/mol. The van der Waals surface area contributed by atoms with E-state index in [2.05, 4.69) is 5.32 Å². The van der Waals surface area contributed by atoms with Crippen molar-refractivity contribution in [3.63, 3.8) is 0 Å². The molecule has 0 heterocycles. The van der Waals surface area contributed by atoms with Crippen LogP contribution in [-0.2, 0) is 13.0 Å². The van der Waals surface area contributed by atoms with Gasteiger partial charge < -0.3 is 5.32 Å². The normalized spacial score (nSPS) is 12.3. The number of rotatable bonds is 6. The Balaban J connectivity index is 1.71. The molecule has 0 aliphatic carbocycles. The maximum absolute atomic E-state index is 13.7. The van der Waals surface area contributed by atoms with Crippen LogP contribution in [0.5, 0.6) is 0 Å². The minimum atomic E-state index is -0.837. The molecule has 0 bridgehead atoms. The molecule has 0 aromatic heterocycles. The molecule has 0 aliphatic rings. The van der Waals surface area contributed by atoms with Crippen molar-refractivity contribution in [2.45, 2.75) is 19.1 Å². The lowest BCUT2D eigenvalue weighted by atomic mass is 10.1. The third-order valence-corrected chi connectivity index (χ3v) is 2.84. The van der Waals surface area contributed by atoms with Crippen LogP contribution in [0.3, 0.4) is 0 Å². The van der Waals surface area contributed by atoms with Crippen molar-refractivity contribution in [3.05, 3.63) is 71.8 Å². The number of halogens is 1. The Morgan fingerprint density at radius 2 is 1.39 bits per heavy atom.